The van der Waals surface area contributed by atoms with Gasteiger partial charge in [-0.2, -0.15) is 13.0 Å². The van der Waals surface area contributed by atoms with Crippen molar-refractivity contribution >= 4 is 33.1 Å². The highest BCUT2D eigenvalue weighted by Crippen LogP contribution is 2.36. The Morgan fingerprint density at radius 3 is 2.76 bits per heavy atom. The fraction of sp³-hybridized carbons (Fsp3) is 0.182. The number of fused-ring (bicyclic) bond motifs is 1. The molecule has 0 bridgehead atoms. The van der Waals surface area contributed by atoms with Gasteiger partial charge in [-0.1, -0.05) is 17.2 Å². The van der Waals surface area contributed by atoms with Crippen LogP contribution in [0.15, 0.2) is 70.2 Å². The average molecular weight is 506 g/mol. The minimum absolute atomic E-state index is 0.277. The van der Waals surface area contributed by atoms with Crippen molar-refractivity contribution < 1.29 is 41.3 Å². The van der Waals surface area contributed by atoms with Crippen LogP contribution in [0, 0.1) is 0 Å². The molecule has 0 amide bonds. The summed E-state index contributed by atoms with van der Waals surface area (Å²) in [5, 5.41) is 13.0. The molecule has 0 aliphatic carbocycles. The van der Waals surface area contributed by atoms with Crippen molar-refractivity contribution in [3.8, 4) is 28.5 Å². The maximum atomic E-state index is 11.0. The van der Waals surface area contributed by atoms with Crippen LogP contribution >= 0.6 is 12.0 Å². The molecule has 0 unspecified atom stereocenters. The molecule has 0 saturated carbocycles. The number of para-hydroxylation sites is 1. The van der Waals surface area contributed by atoms with Crippen molar-refractivity contribution in [2.75, 3.05) is 12.9 Å². The van der Waals surface area contributed by atoms with Crippen molar-refractivity contribution in [1.82, 2.24) is 4.98 Å². The topological polar surface area (TPSA) is 132 Å². The first kappa shape index (κ1) is 24.1. The number of benzene rings is 2. The van der Waals surface area contributed by atoms with Gasteiger partial charge in [-0.05, 0) is 24.3 Å². The maximum absolute atomic E-state index is 11.0. The molecule has 0 spiro atoms. The van der Waals surface area contributed by atoms with Crippen LogP contribution in [0.3, 0.4) is 0 Å². The van der Waals surface area contributed by atoms with Gasteiger partial charge in [0.05, 0.1) is 46.9 Å². The second-order valence-corrected chi connectivity index (χ2v) is 9.52. The summed E-state index contributed by atoms with van der Waals surface area (Å²) in [4.78, 5) is 5.01. The normalized spacial score (nSPS) is 11.7. The highest BCUT2D eigenvalue weighted by atomic mass is 32.2. The van der Waals surface area contributed by atoms with Crippen LogP contribution in [0.5, 0.6) is 5.75 Å². The molecular weight excluding hydrogens is 484 g/mol. The third-order valence-corrected chi connectivity index (χ3v) is 6.50. The fourth-order valence-electron chi connectivity index (χ4n) is 3.56. The van der Waals surface area contributed by atoms with Gasteiger partial charge in [0.15, 0.2) is 12.0 Å². The molecule has 0 radical (unpaired) electrons. The number of nitrogens with zero attached hydrogens (tertiary/aromatic N) is 2. The van der Waals surface area contributed by atoms with Gasteiger partial charge in [0.2, 0.25) is 11.4 Å². The van der Waals surface area contributed by atoms with Gasteiger partial charge >= 0.3 is 0 Å². The van der Waals surface area contributed by atoms with E-state index < -0.39 is 10.1 Å². The van der Waals surface area contributed by atoms with E-state index in [0.717, 1.165) is 28.5 Å². The van der Waals surface area contributed by atoms with Crippen molar-refractivity contribution in [3.63, 3.8) is 0 Å². The molecule has 2 aromatic carbocycles. The molecule has 2 heterocycles. The smallest absolute Gasteiger partial charge is 0.265 e. The fourth-order valence-corrected chi connectivity index (χ4v) is 4.57. The number of methoxy groups -OCH3 is 1. The summed E-state index contributed by atoms with van der Waals surface area (Å²) in [6, 6.07) is 14.8. The van der Waals surface area contributed by atoms with E-state index in [-0.39, 0.29) is 12.2 Å². The van der Waals surface area contributed by atoms with E-state index >= 15 is 0 Å². The van der Waals surface area contributed by atoms with Crippen molar-refractivity contribution in [2.24, 2.45) is 0 Å². The molecule has 12 heteroatoms. The lowest BCUT2D eigenvalue weighted by Gasteiger charge is -2.07. The molecule has 0 fully saturated rings. The first-order valence-electron chi connectivity index (χ1n) is 10.1. The zero-order chi connectivity index (χ0) is 24.1. The Bertz CT molecular complexity index is 1410. The number of oxazole rings is 1. The number of aryl methyl sites for hydroxylation is 1. The molecule has 0 atom stereocenters. The van der Waals surface area contributed by atoms with E-state index in [1.165, 1.54) is 7.11 Å². The minimum atomic E-state index is -4.01. The standard InChI is InChI=1S/C22H20N2O8S2/c1-29-19-8-7-15(13-21(19)33-32-31-25)20-14-23-22(30-20)17-9-11-24(10-4-12-34(26,27)28)18-6-3-2-5-16(17)18/h2-3,5-9,11,13-14H,4,10,12H2,1H3,(H-,25,26,27,28)/p+1. The van der Waals surface area contributed by atoms with E-state index in [1.807, 2.05) is 41.1 Å². The predicted molar refractivity (Wildman–Crippen MR) is 123 cm³/mol. The number of hydrogen-bond donors (Lipinski definition) is 2. The Morgan fingerprint density at radius 2 is 2.00 bits per heavy atom. The average Bonchev–Trinajstić information content (AvgIpc) is 3.32. The van der Waals surface area contributed by atoms with Crippen molar-refractivity contribution in [2.45, 2.75) is 17.9 Å². The Hall–Kier alpha value is -3.00. The van der Waals surface area contributed by atoms with Gasteiger partial charge in [0.25, 0.3) is 10.1 Å². The number of aromatic nitrogens is 2. The molecule has 178 valence electrons. The minimum Gasteiger partial charge on any atom is -0.495 e. The van der Waals surface area contributed by atoms with E-state index in [9.17, 15) is 8.42 Å². The van der Waals surface area contributed by atoms with Crippen LogP contribution in [-0.4, -0.2) is 36.1 Å². The highest BCUT2D eigenvalue weighted by molar-refractivity contribution is 7.94. The van der Waals surface area contributed by atoms with E-state index in [4.69, 9.17) is 19.0 Å². The summed E-state index contributed by atoms with van der Waals surface area (Å²) >= 11 is 0.780. The third-order valence-electron chi connectivity index (χ3n) is 5.06. The van der Waals surface area contributed by atoms with E-state index in [2.05, 4.69) is 14.4 Å². The SMILES string of the molecule is COc1ccc(-c2cnc(-c3cc[n+](CCCS(=O)(=O)O)c4ccccc34)o2)cc1SOOO. The molecular formula is C22H21N2O8S2+. The number of rotatable bonds is 10. The molecule has 2 aromatic heterocycles. The molecule has 0 aliphatic rings. The molecule has 10 nitrogen and oxygen atoms in total. The summed E-state index contributed by atoms with van der Waals surface area (Å²) < 4.78 is 48.9. The van der Waals surface area contributed by atoms with Crippen LogP contribution < -0.4 is 9.30 Å². The van der Waals surface area contributed by atoms with Crippen LogP contribution in [0.25, 0.3) is 33.7 Å². The monoisotopic (exact) mass is 505 g/mol. The van der Waals surface area contributed by atoms with Crippen LogP contribution in [0.1, 0.15) is 6.42 Å². The Labute approximate surface area is 199 Å². The first-order chi connectivity index (χ1) is 16.4. The van der Waals surface area contributed by atoms with Gasteiger partial charge in [0, 0.05) is 24.1 Å². The molecule has 2 N–H and O–H groups in total. The van der Waals surface area contributed by atoms with Crippen LogP contribution in [0.2, 0.25) is 0 Å². The van der Waals surface area contributed by atoms with Gasteiger partial charge in [-0.25, -0.2) is 10.2 Å². The van der Waals surface area contributed by atoms with Crippen molar-refractivity contribution in [1.29, 1.82) is 0 Å². The van der Waals surface area contributed by atoms with Crippen LogP contribution in [0.4, 0.5) is 0 Å². The van der Waals surface area contributed by atoms with Gasteiger partial charge in [0.1, 0.15) is 12.3 Å². The third kappa shape index (κ3) is 5.55. The second kappa shape index (κ2) is 10.5. The van der Waals surface area contributed by atoms with Gasteiger partial charge < -0.3 is 9.15 Å². The number of pyridine rings is 1. The lowest BCUT2D eigenvalue weighted by molar-refractivity contribution is -0.671. The number of hydrogen-bond acceptors (Lipinski definition) is 9. The molecule has 4 rings (SSSR count). The molecule has 4 aromatic rings. The molecule has 0 saturated heterocycles. The first-order valence-corrected chi connectivity index (χ1v) is 12.4. The predicted octanol–water partition coefficient (Wildman–Crippen LogP) is 4.16. The lowest BCUT2D eigenvalue weighted by Crippen LogP contribution is -2.35. The highest BCUT2D eigenvalue weighted by Gasteiger charge is 2.19. The largest absolute Gasteiger partial charge is 0.495 e. The lowest BCUT2D eigenvalue weighted by atomic mass is 10.1. The Balaban J connectivity index is 1.66. The molecule has 0 aliphatic heterocycles. The zero-order valence-electron chi connectivity index (χ0n) is 17.9. The van der Waals surface area contributed by atoms with Crippen molar-refractivity contribution in [3.05, 3.63) is 60.9 Å². The van der Waals surface area contributed by atoms with E-state index in [0.29, 0.717) is 34.4 Å². The molecule has 34 heavy (non-hydrogen) atoms. The summed E-state index contributed by atoms with van der Waals surface area (Å²) in [5.74, 6) is 1.14. The summed E-state index contributed by atoms with van der Waals surface area (Å²) in [6.45, 7) is 0.420. The quantitative estimate of drug-likeness (QED) is 0.106. The Kier molecular flexibility index (Phi) is 7.46. The Morgan fingerprint density at radius 1 is 1.18 bits per heavy atom. The van der Waals surface area contributed by atoms with E-state index in [1.54, 1.807) is 24.4 Å². The summed E-state index contributed by atoms with van der Waals surface area (Å²) in [7, 11) is -2.50. The van der Waals surface area contributed by atoms with Crippen LogP contribution in [-0.2, 0) is 26.0 Å². The summed E-state index contributed by atoms with van der Waals surface area (Å²) in [5.41, 5.74) is 2.36. The van der Waals surface area contributed by atoms with Gasteiger partial charge in [-0.3, -0.25) is 4.55 Å². The summed E-state index contributed by atoms with van der Waals surface area (Å²) in [6.07, 6.45) is 3.72. The number of ether oxygens (including phenoxy) is 1. The maximum Gasteiger partial charge on any atom is 0.265 e. The zero-order valence-corrected chi connectivity index (χ0v) is 19.6. The second-order valence-electron chi connectivity index (χ2n) is 7.20. The van der Waals surface area contributed by atoms with Gasteiger partial charge in [-0.15, -0.1) is 4.33 Å².